The summed E-state index contributed by atoms with van der Waals surface area (Å²) >= 11 is 0. The van der Waals surface area contributed by atoms with E-state index >= 15 is 0 Å². The van der Waals surface area contributed by atoms with Crippen LogP contribution in [0.2, 0.25) is 0 Å². The molecule has 2 aromatic rings. The average molecular weight is 345 g/mol. The van der Waals surface area contributed by atoms with Crippen molar-refractivity contribution in [3.8, 4) is 0 Å². The number of carbonyl (C=O) groups excluding carboxylic acids is 1. The van der Waals surface area contributed by atoms with Crippen LogP contribution in [0.4, 0.5) is 10.5 Å². The lowest BCUT2D eigenvalue weighted by molar-refractivity contribution is 0.00701. The van der Waals surface area contributed by atoms with Gasteiger partial charge in [0.25, 0.3) is 5.56 Å². The maximum atomic E-state index is 12.8. The molecule has 7 heteroatoms. The molecule has 0 saturated carbocycles. The molecule has 0 radical (unpaired) electrons. The first-order valence-corrected chi connectivity index (χ1v) is 8.41. The highest BCUT2D eigenvalue weighted by Gasteiger charge is 2.31. The number of aryl methyl sites for hydroxylation is 3. The van der Waals surface area contributed by atoms with E-state index in [-0.39, 0.29) is 17.6 Å². The van der Waals surface area contributed by atoms with Crippen LogP contribution in [0.3, 0.4) is 0 Å². The van der Waals surface area contributed by atoms with Crippen molar-refractivity contribution >= 4 is 11.7 Å². The van der Waals surface area contributed by atoms with Gasteiger partial charge in [0.2, 0.25) is 0 Å². The summed E-state index contributed by atoms with van der Waals surface area (Å²) in [7, 11) is 1.66. The number of morpholine rings is 1. The molecule has 1 atom stereocenters. The zero-order valence-electron chi connectivity index (χ0n) is 14.7. The van der Waals surface area contributed by atoms with E-state index in [0.717, 1.165) is 17.7 Å². The van der Waals surface area contributed by atoms with Crippen LogP contribution in [0, 0.1) is 6.92 Å². The number of ether oxygens (including phenoxy) is 1. The molecule has 0 aliphatic carbocycles. The number of carbonyl (C=O) groups is 1. The number of hydrogen-bond acceptors (Lipinski definition) is 4. The highest BCUT2D eigenvalue weighted by molar-refractivity contribution is 5.90. The molecule has 7 nitrogen and oxygen atoms in total. The fourth-order valence-corrected chi connectivity index (χ4v) is 2.90. The Balaban J connectivity index is 1.84. The Hall–Kier alpha value is -2.54. The van der Waals surface area contributed by atoms with Gasteiger partial charge in [0.15, 0.2) is 0 Å². The van der Waals surface area contributed by atoms with Gasteiger partial charge >= 0.3 is 6.03 Å². The third-order valence-corrected chi connectivity index (χ3v) is 4.46. The third-order valence-electron chi connectivity index (χ3n) is 4.46. The zero-order chi connectivity index (χ0) is 18.0. The molecule has 25 heavy (non-hydrogen) atoms. The number of hydrogen-bond donors (Lipinski definition) is 1. The first-order chi connectivity index (χ1) is 12.0. The standard InChI is InChI=1S/C18H23N3O4/c1-4-13-5-6-15(25-13)14-11-24-10-9-21(14)18(23)19-16-12(2)7-8-20(3)17(16)22/h5-8,14H,4,9-11H2,1-3H3,(H,19,23)/t14-/m0/s1. The number of nitrogens with zero attached hydrogens (tertiary/aromatic N) is 2. The quantitative estimate of drug-likeness (QED) is 0.927. The van der Waals surface area contributed by atoms with Gasteiger partial charge in [-0.2, -0.15) is 0 Å². The third kappa shape index (κ3) is 3.46. The summed E-state index contributed by atoms with van der Waals surface area (Å²) < 4.78 is 12.8. The summed E-state index contributed by atoms with van der Waals surface area (Å²) in [6.45, 7) is 5.07. The van der Waals surface area contributed by atoms with E-state index in [9.17, 15) is 9.59 Å². The fraction of sp³-hybridized carbons (Fsp3) is 0.444. The van der Waals surface area contributed by atoms with Crippen LogP contribution in [-0.4, -0.2) is 35.3 Å². The van der Waals surface area contributed by atoms with Crippen molar-refractivity contribution in [1.29, 1.82) is 0 Å². The van der Waals surface area contributed by atoms with Gasteiger partial charge in [-0.15, -0.1) is 0 Å². The molecule has 0 aromatic carbocycles. The highest BCUT2D eigenvalue weighted by Crippen LogP contribution is 2.27. The molecule has 3 rings (SSSR count). The Labute approximate surface area is 146 Å². The molecule has 1 N–H and O–H groups in total. The molecule has 1 aliphatic heterocycles. The van der Waals surface area contributed by atoms with E-state index in [4.69, 9.17) is 9.15 Å². The van der Waals surface area contributed by atoms with Crippen LogP contribution in [0.15, 0.2) is 33.6 Å². The summed E-state index contributed by atoms with van der Waals surface area (Å²) in [5.41, 5.74) is 0.797. The highest BCUT2D eigenvalue weighted by atomic mass is 16.5. The first kappa shape index (κ1) is 17.3. The smallest absolute Gasteiger partial charge is 0.322 e. The number of rotatable bonds is 3. The predicted octanol–water partition coefficient (Wildman–Crippen LogP) is 2.45. The monoisotopic (exact) mass is 345 g/mol. The number of urea groups is 1. The van der Waals surface area contributed by atoms with Crippen molar-refractivity contribution in [2.75, 3.05) is 25.1 Å². The molecule has 0 bridgehead atoms. The lowest BCUT2D eigenvalue weighted by Gasteiger charge is -2.34. The van der Waals surface area contributed by atoms with Crippen LogP contribution in [0.1, 0.15) is 30.0 Å². The average Bonchev–Trinajstić information content (AvgIpc) is 3.11. The molecule has 0 unspecified atom stereocenters. The molecular formula is C18H23N3O4. The Morgan fingerprint density at radius 1 is 1.36 bits per heavy atom. The van der Waals surface area contributed by atoms with Gasteiger partial charge < -0.3 is 23.9 Å². The summed E-state index contributed by atoms with van der Waals surface area (Å²) in [6, 6.07) is 4.96. The largest absolute Gasteiger partial charge is 0.464 e. The van der Waals surface area contributed by atoms with Gasteiger partial charge in [0.1, 0.15) is 23.2 Å². The fourth-order valence-electron chi connectivity index (χ4n) is 2.90. The minimum absolute atomic E-state index is 0.232. The molecule has 1 fully saturated rings. The van der Waals surface area contributed by atoms with E-state index in [1.54, 1.807) is 31.1 Å². The Morgan fingerprint density at radius 3 is 2.88 bits per heavy atom. The predicted molar refractivity (Wildman–Crippen MR) is 93.8 cm³/mol. The van der Waals surface area contributed by atoms with E-state index in [1.807, 2.05) is 19.1 Å². The maximum absolute atomic E-state index is 12.8. The van der Waals surface area contributed by atoms with Crippen molar-refractivity contribution in [2.45, 2.75) is 26.3 Å². The summed E-state index contributed by atoms with van der Waals surface area (Å²) in [6.07, 6.45) is 2.47. The van der Waals surface area contributed by atoms with E-state index < -0.39 is 0 Å². The van der Waals surface area contributed by atoms with Gasteiger partial charge in [-0.25, -0.2) is 4.79 Å². The SMILES string of the molecule is CCc1ccc([C@@H]2COCCN2C(=O)Nc2c(C)ccn(C)c2=O)o1. The van der Waals surface area contributed by atoms with Gasteiger partial charge in [0.05, 0.1) is 13.2 Å². The molecular weight excluding hydrogens is 322 g/mol. The minimum atomic E-state index is -0.325. The zero-order valence-corrected chi connectivity index (χ0v) is 14.7. The van der Waals surface area contributed by atoms with E-state index in [0.29, 0.717) is 31.2 Å². The Bertz CT molecular complexity index is 824. The molecule has 2 amide bonds. The van der Waals surface area contributed by atoms with Crippen molar-refractivity contribution in [1.82, 2.24) is 9.47 Å². The molecule has 1 saturated heterocycles. The second-order valence-electron chi connectivity index (χ2n) is 6.16. The lowest BCUT2D eigenvalue weighted by atomic mass is 10.2. The number of furan rings is 1. The number of amides is 2. The van der Waals surface area contributed by atoms with Gasteiger partial charge in [-0.1, -0.05) is 6.92 Å². The lowest BCUT2D eigenvalue weighted by Crippen LogP contribution is -2.46. The van der Waals surface area contributed by atoms with Crippen LogP contribution >= 0.6 is 0 Å². The number of nitrogens with one attached hydrogen (secondary N) is 1. The van der Waals surface area contributed by atoms with Crippen LogP contribution in [0.5, 0.6) is 0 Å². The summed E-state index contributed by atoms with van der Waals surface area (Å²) in [5, 5.41) is 2.77. The second kappa shape index (κ2) is 7.14. The van der Waals surface area contributed by atoms with Crippen molar-refractivity contribution in [2.24, 2.45) is 7.05 Å². The van der Waals surface area contributed by atoms with E-state index in [1.165, 1.54) is 4.57 Å². The number of anilines is 1. The minimum Gasteiger partial charge on any atom is -0.464 e. The van der Waals surface area contributed by atoms with Crippen LogP contribution in [0.25, 0.3) is 0 Å². The van der Waals surface area contributed by atoms with Gasteiger partial charge in [-0.3, -0.25) is 4.79 Å². The van der Waals surface area contributed by atoms with Crippen molar-refractivity contribution < 1.29 is 13.9 Å². The van der Waals surface area contributed by atoms with Crippen molar-refractivity contribution in [3.05, 3.63) is 51.8 Å². The first-order valence-electron chi connectivity index (χ1n) is 8.41. The normalized spacial score (nSPS) is 17.6. The summed E-state index contributed by atoms with van der Waals surface area (Å²) in [4.78, 5) is 26.8. The topological polar surface area (TPSA) is 76.7 Å². The second-order valence-corrected chi connectivity index (χ2v) is 6.16. The Kier molecular flexibility index (Phi) is 4.94. The number of aromatic nitrogens is 1. The molecule has 2 aromatic heterocycles. The Morgan fingerprint density at radius 2 is 2.16 bits per heavy atom. The maximum Gasteiger partial charge on any atom is 0.322 e. The molecule has 134 valence electrons. The van der Waals surface area contributed by atoms with Crippen LogP contribution in [-0.2, 0) is 18.2 Å². The van der Waals surface area contributed by atoms with Crippen LogP contribution < -0.4 is 10.9 Å². The molecule has 0 spiro atoms. The van der Waals surface area contributed by atoms with Gasteiger partial charge in [0, 0.05) is 26.2 Å². The van der Waals surface area contributed by atoms with E-state index in [2.05, 4.69) is 5.32 Å². The molecule has 3 heterocycles. The molecule has 1 aliphatic rings. The number of pyridine rings is 1. The van der Waals surface area contributed by atoms with Crippen molar-refractivity contribution in [3.63, 3.8) is 0 Å². The summed E-state index contributed by atoms with van der Waals surface area (Å²) in [5.74, 6) is 1.57. The van der Waals surface area contributed by atoms with Gasteiger partial charge in [-0.05, 0) is 30.7 Å².